The molecule has 2 aromatic carbocycles. The highest BCUT2D eigenvalue weighted by Crippen LogP contribution is 2.17. The molecule has 25 heavy (non-hydrogen) atoms. The van der Waals surface area contributed by atoms with Crippen LogP contribution in [0.15, 0.2) is 85.0 Å². The second-order valence-electron chi connectivity index (χ2n) is 5.55. The lowest BCUT2D eigenvalue weighted by atomic mass is 10.1. The van der Waals surface area contributed by atoms with E-state index in [9.17, 15) is 4.79 Å². The van der Waals surface area contributed by atoms with Crippen molar-refractivity contribution in [2.24, 2.45) is 0 Å². The van der Waals surface area contributed by atoms with Crippen LogP contribution in [-0.4, -0.2) is 5.91 Å². The Balaban J connectivity index is 0.000000333. The predicted molar refractivity (Wildman–Crippen MR) is 109 cm³/mol. The molecule has 0 aliphatic heterocycles. The van der Waals surface area contributed by atoms with Gasteiger partial charge in [-0.2, -0.15) is 0 Å². The van der Waals surface area contributed by atoms with E-state index in [1.54, 1.807) is 24.3 Å². The summed E-state index contributed by atoms with van der Waals surface area (Å²) in [6.07, 6.45) is 7.84. The second kappa shape index (κ2) is 10.7. The number of carbonyl (C=O) groups excluding carboxylic acids is 1. The summed E-state index contributed by atoms with van der Waals surface area (Å²) in [6, 6.07) is 14.6. The Kier molecular flexibility index (Phi) is 8.52. The summed E-state index contributed by atoms with van der Waals surface area (Å²) in [5.41, 5.74) is 9.90. The SMILES string of the molecule is C=C/C(C)=C\C=C/C.Cc1ccc(C(=O)Nc2ccccc2N)cc1. The van der Waals surface area contributed by atoms with Crippen LogP contribution in [0.4, 0.5) is 11.4 Å². The molecule has 3 heteroatoms. The van der Waals surface area contributed by atoms with Gasteiger partial charge in [-0.15, -0.1) is 0 Å². The largest absolute Gasteiger partial charge is 0.397 e. The van der Waals surface area contributed by atoms with Gasteiger partial charge in [0.05, 0.1) is 11.4 Å². The van der Waals surface area contributed by atoms with Crippen molar-refractivity contribution in [3.8, 4) is 0 Å². The average molecular weight is 334 g/mol. The van der Waals surface area contributed by atoms with E-state index in [2.05, 4.69) is 11.9 Å². The van der Waals surface area contributed by atoms with E-state index in [0.29, 0.717) is 16.9 Å². The minimum Gasteiger partial charge on any atom is -0.397 e. The number of para-hydroxylation sites is 2. The van der Waals surface area contributed by atoms with Crippen molar-refractivity contribution in [2.75, 3.05) is 11.1 Å². The van der Waals surface area contributed by atoms with Gasteiger partial charge in [0.2, 0.25) is 0 Å². The molecule has 2 rings (SSSR count). The van der Waals surface area contributed by atoms with Gasteiger partial charge in [-0.3, -0.25) is 4.79 Å². The molecule has 0 fully saturated rings. The van der Waals surface area contributed by atoms with Gasteiger partial charge in [-0.25, -0.2) is 0 Å². The Morgan fingerprint density at radius 2 is 1.76 bits per heavy atom. The van der Waals surface area contributed by atoms with Gasteiger partial charge in [0.1, 0.15) is 0 Å². The normalized spacial score (nSPS) is 10.8. The van der Waals surface area contributed by atoms with Crippen LogP contribution in [0, 0.1) is 6.92 Å². The predicted octanol–water partition coefficient (Wildman–Crippen LogP) is 5.52. The third-order valence-electron chi connectivity index (χ3n) is 3.40. The van der Waals surface area contributed by atoms with Crippen molar-refractivity contribution in [2.45, 2.75) is 20.8 Å². The third kappa shape index (κ3) is 7.36. The van der Waals surface area contributed by atoms with Gasteiger partial charge in [-0.1, -0.05) is 66.3 Å². The number of nitrogens with one attached hydrogen (secondary N) is 1. The molecular weight excluding hydrogens is 308 g/mol. The van der Waals surface area contributed by atoms with Gasteiger partial charge in [0.25, 0.3) is 5.91 Å². The number of aryl methyl sites for hydroxylation is 1. The molecule has 0 aliphatic rings. The minimum absolute atomic E-state index is 0.150. The van der Waals surface area contributed by atoms with Gasteiger partial charge < -0.3 is 11.1 Å². The van der Waals surface area contributed by atoms with Crippen LogP contribution in [0.2, 0.25) is 0 Å². The summed E-state index contributed by atoms with van der Waals surface area (Å²) in [7, 11) is 0. The van der Waals surface area contributed by atoms with E-state index < -0.39 is 0 Å². The highest BCUT2D eigenvalue weighted by atomic mass is 16.1. The number of amides is 1. The first-order valence-electron chi connectivity index (χ1n) is 8.12. The van der Waals surface area contributed by atoms with E-state index in [1.807, 2.05) is 69.3 Å². The molecule has 0 aliphatic carbocycles. The number of nitrogens with two attached hydrogens (primary N) is 1. The van der Waals surface area contributed by atoms with E-state index in [0.717, 1.165) is 5.56 Å². The Hall–Kier alpha value is -3.07. The number of carbonyl (C=O) groups is 1. The lowest BCUT2D eigenvalue weighted by Gasteiger charge is -2.07. The summed E-state index contributed by atoms with van der Waals surface area (Å²) in [4.78, 5) is 11.9. The fourth-order valence-corrected chi connectivity index (χ4v) is 1.83. The zero-order valence-corrected chi connectivity index (χ0v) is 15.1. The van der Waals surface area contributed by atoms with Crippen LogP contribution in [0.3, 0.4) is 0 Å². The monoisotopic (exact) mass is 334 g/mol. The molecule has 3 N–H and O–H groups in total. The van der Waals surface area contributed by atoms with Crippen molar-refractivity contribution in [3.05, 3.63) is 96.1 Å². The molecule has 0 radical (unpaired) electrons. The molecule has 0 saturated heterocycles. The molecule has 1 amide bonds. The van der Waals surface area contributed by atoms with Crippen LogP contribution >= 0.6 is 0 Å². The number of hydrogen-bond acceptors (Lipinski definition) is 2. The van der Waals surface area contributed by atoms with Crippen LogP contribution in [-0.2, 0) is 0 Å². The molecule has 0 bridgehead atoms. The van der Waals surface area contributed by atoms with Gasteiger partial charge in [0, 0.05) is 5.56 Å². The molecule has 2 aromatic rings. The molecule has 0 unspecified atom stereocenters. The number of allylic oxidation sites excluding steroid dienone is 5. The maximum atomic E-state index is 11.9. The third-order valence-corrected chi connectivity index (χ3v) is 3.40. The number of benzene rings is 2. The van der Waals surface area contributed by atoms with Gasteiger partial charge >= 0.3 is 0 Å². The maximum Gasteiger partial charge on any atom is 0.255 e. The quantitative estimate of drug-likeness (QED) is 0.571. The molecule has 0 saturated carbocycles. The first-order valence-corrected chi connectivity index (χ1v) is 8.12. The van der Waals surface area contributed by atoms with Gasteiger partial charge in [0.15, 0.2) is 0 Å². The number of hydrogen-bond donors (Lipinski definition) is 2. The highest BCUT2D eigenvalue weighted by molar-refractivity contribution is 6.05. The smallest absolute Gasteiger partial charge is 0.255 e. The van der Waals surface area contributed by atoms with E-state index in [4.69, 9.17) is 5.73 Å². The average Bonchev–Trinajstić information content (AvgIpc) is 2.62. The Bertz CT molecular complexity index is 756. The molecule has 0 heterocycles. The Morgan fingerprint density at radius 1 is 1.12 bits per heavy atom. The van der Waals surface area contributed by atoms with Crippen molar-refractivity contribution < 1.29 is 4.79 Å². The Morgan fingerprint density at radius 3 is 2.32 bits per heavy atom. The summed E-state index contributed by atoms with van der Waals surface area (Å²) >= 11 is 0. The minimum atomic E-state index is -0.150. The standard InChI is InChI=1S/C14H14N2O.C8H12/c1-10-6-8-11(9-7-10)14(17)16-13-5-3-2-4-12(13)15;1-4-6-7-8(3)5-2/h2-9H,15H2,1H3,(H,16,17);4-7H,2H2,1,3H3/b;6-4-,8-7-. The first-order chi connectivity index (χ1) is 12.0. The molecule has 130 valence electrons. The van der Waals surface area contributed by atoms with Crippen LogP contribution < -0.4 is 11.1 Å². The zero-order valence-electron chi connectivity index (χ0n) is 15.1. The molecule has 3 nitrogen and oxygen atoms in total. The van der Waals surface area contributed by atoms with Crippen molar-refractivity contribution in [1.29, 1.82) is 0 Å². The lowest BCUT2D eigenvalue weighted by molar-refractivity contribution is 0.102. The van der Waals surface area contributed by atoms with Crippen molar-refractivity contribution in [1.82, 2.24) is 0 Å². The van der Waals surface area contributed by atoms with Crippen molar-refractivity contribution >= 4 is 17.3 Å². The van der Waals surface area contributed by atoms with E-state index in [1.165, 1.54) is 5.57 Å². The van der Waals surface area contributed by atoms with Crippen LogP contribution in [0.5, 0.6) is 0 Å². The fourth-order valence-electron chi connectivity index (χ4n) is 1.83. The molecule has 0 atom stereocenters. The summed E-state index contributed by atoms with van der Waals surface area (Å²) < 4.78 is 0. The van der Waals surface area contributed by atoms with E-state index in [-0.39, 0.29) is 5.91 Å². The summed E-state index contributed by atoms with van der Waals surface area (Å²) in [5.74, 6) is -0.150. The number of anilines is 2. The first kappa shape index (κ1) is 20.0. The summed E-state index contributed by atoms with van der Waals surface area (Å²) in [6.45, 7) is 9.61. The maximum absolute atomic E-state index is 11.9. The molecule has 0 aromatic heterocycles. The van der Waals surface area contributed by atoms with Crippen LogP contribution in [0.1, 0.15) is 29.8 Å². The summed E-state index contributed by atoms with van der Waals surface area (Å²) in [5, 5.41) is 2.78. The second-order valence-corrected chi connectivity index (χ2v) is 5.55. The van der Waals surface area contributed by atoms with E-state index >= 15 is 0 Å². The zero-order chi connectivity index (χ0) is 18.7. The fraction of sp³-hybridized carbons (Fsp3) is 0.136. The number of rotatable bonds is 4. The highest BCUT2D eigenvalue weighted by Gasteiger charge is 2.06. The topological polar surface area (TPSA) is 55.1 Å². The van der Waals surface area contributed by atoms with Crippen LogP contribution in [0.25, 0.3) is 0 Å². The Labute approximate surface area is 150 Å². The number of nitrogen functional groups attached to an aromatic ring is 1. The molecule has 0 spiro atoms. The van der Waals surface area contributed by atoms with Gasteiger partial charge in [-0.05, 0) is 45.0 Å². The lowest BCUT2D eigenvalue weighted by Crippen LogP contribution is -2.12. The molecular formula is C22H26N2O. The van der Waals surface area contributed by atoms with Crippen molar-refractivity contribution in [3.63, 3.8) is 0 Å².